The van der Waals surface area contributed by atoms with E-state index in [4.69, 9.17) is 29.6 Å². The first-order chi connectivity index (χ1) is 15.0. The third-order valence-electron chi connectivity index (χ3n) is 3.00. The molecule has 158 valence electrons. The highest BCUT2D eigenvalue weighted by molar-refractivity contribution is 5.90. The van der Waals surface area contributed by atoms with Gasteiger partial charge in [-0.3, -0.25) is 9.78 Å². The quantitative estimate of drug-likeness (QED) is 0.612. The summed E-state index contributed by atoms with van der Waals surface area (Å²) in [5.41, 5.74) is 6.51. The highest BCUT2D eigenvalue weighted by atomic mass is 16.5. The van der Waals surface area contributed by atoms with Crippen molar-refractivity contribution in [3.05, 3.63) is 96.1 Å². The van der Waals surface area contributed by atoms with Crippen LogP contribution in [0.15, 0.2) is 79.1 Å². The van der Waals surface area contributed by atoms with Crippen LogP contribution in [0.25, 0.3) is 0 Å². The van der Waals surface area contributed by atoms with Gasteiger partial charge in [-0.2, -0.15) is 19.2 Å². The normalized spacial score (nSPS) is 8.13. The molecule has 31 heavy (non-hydrogen) atoms. The third-order valence-corrected chi connectivity index (χ3v) is 3.00. The number of hydrogen-bond donors (Lipinski definition) is 1. The molecule has 0 unspecified atom stereocenters. The molecule has 0 atom stereocenters. The molecule has 1 amide bonds. The molecule has 0 aliphatic heterocycles. The van der Waals surface area contributed by atoms with Crippen LogP contribution in [-0.2, 0) is 30.5 Å². The summed E-state index contributed by atoms with van der Waals surface area (Å²) < 4.78 is 5.11. The zero-order valence-electron chi connectivity index (χ0n) is 16.0. The van der Waals surface area contributed by atoms with Crippen LogP contribution < -0.4 is 5.73 Å². The molecular formula is C21H17N3O7. The van der Waals surface area contributed by atoms with Gasteiger partial charge in [0.15, 0.2) is 0 Å². The Bertz CT molecular complexity index is 958. The number of nitrogens with two attached hydrogens (primary N) is 1. The maximum atomic E-state index is 11.5. The van der Waals surface area contributed by atoms with Gasteiger partial charge < -0.3 is 10.5 Å². The monoisotopic (exact) mass is 423 g/mol. The van der Waals surface area contributed by atoms with E-state index in [2.05, 4.69) is 9.97 Å². The second-order valence-corrected chi connectivity index (χ2v) is 5.02. The van der Waals surface area contributed by atoms with E-state index < -0.39 is 11.9 Å². The van der Waals surface area contributed by atoms with Crippen LogP contribution in [0.4, 0.5) is 0 Å². The SMILES string of the molecule is NC(=O)c1ccccn1.O=C(OCc1ccccc1)c1ccccn1.O=C=O.O=C=O. The first-order valence-electron chi connectivity index (χ1n) is 8.31. The van der Waals surface area contributed by atoms with Crippen molar-refractivity contribution >= 4 is 24.2 Å². The maximum Gasteiger partial charge on any atom is 0.373 e. The summed E-state index contributed by atoms with van der Waals surface area (Å²) in [5, 5.41) is 0. The molecule has 2 heterocycles. The molecule has 2 aromatic heterocycles. The Morgan fingerprint density at radius 3 is 1.58 bits per heavy atom. The number of aromatic nitrogens is 2. The molecule has 10 nitrogen and oxygen atoms in total. The maximum absolute atomic E-state index is 11.5. The fourth-order valence-corrected chi connectivity index (χ4v) is 1.79. The molecule has 3 aromatic rings. The van der Waals surface area contributed by atoms with Gasteiger partial charge in [0.1, 0.15) is 18.0 Å². The smallest absolute Gasteiger partial charge is 0.373 e. The van der Waals surface area contributed by atoms with Crippen LogP contribution in [0, 0.1) is 0 Å². The summed E-state index contributed by atoms with van der Waals surface area (Å²) in [5.74, 6) is -0.889. The average Bonchev–Trinajstić information content (AvgIpc) is 2.81. The van der Waals surface area contributed by atoms with Gasteiger partial charge in [-0.05, 0) is 29.8 Å². The van der Waals surface area contributed by atoms with Crippen molar-refractivity contribution in [2.45, 2.75) is 6.61 Å². The Balaban J connectivity index is 0.000000506. The van der Waals surface area contributed by atoms with Gasteiger partial charge in [0.05, 0.1) is 0 Å². The van der Waals surface area contributed by atoms with E-state index in [9.17, 15) is 9.59 Å². The number of nitrogens with zero attached hydrogens (tertiary/aromatic N) is 2. The highest BCUT2D eigenvalue weighted by Crippen LogP contribution is 2.03. The van der Waals surface area contributed by atoms with Crippen LogP contribution in [0.3, 0.4) is 0 Å². The number of rotatable bonds is 4. The number of carbonyl (C=O) groups excluding carboxylic acids is 6. The Morgan fingerprint density at radius 2 is 1.19 bits per heavy atom. The first kappa shape index (κ1) is 26.2. The topological polar surface area (TPSA) is 163 Å². The Hall–Kier alpha value is -4.78. The summed E-state index contributed by atoms with van der Waals surface area (Å²) in [6.07, 6.45) is 3.60. The van der Waals surface area contributed by atoms with Crippen molar-refractivity contribution in [3.8, 4) is 0 Å². The average molecular weight is 423 g/mol. The summed E-state index contributed by atoms with van der Waals surface area (Å²) in [6, 6.07) is 19.7. The molecule has 3 rings (SSSR count). The van der Waals surface area contributed by atoms with Crippen LogP contribution in [0.2, 0.25) is 0 Å². The predicted octanol–water partition coefficient (Wildman–Crippen LogP) is 1.45. The second kappa shape index (κ2) is 17.3. The molecule has 0 saturated carbocycles. The number of hydrogen-bond acceptors (Lipinski definition) is 9. The number of amides is 1. The first-order valence-corrected chi connectivity index (χ1v) is 8.31. The minimum Gasteiger partial charge on any atom is -0.456 e. The van der Waals surface area contributed by atoms with E-state index in [-0.39, 0.29) is 18.9 Å². The Labute approximate surface area is 176 Å². The molecule has 0 bridgehead atoms. The lowest BCUT2D eigenvalue weighted by Crippen LogP contribution is -2.12. The Kier molecular flexibility index (Phi) is 14.7. The van der Waals surface area contributed by atoms with Gasteiger partial charge in [0, 0.05) is 12.4 Å². The number of ether oxygens (including phenoxy) is 1. The standard InChI is InChI=1S/C13H11NO2.C6H6N2O.2CO2/c15-13(12-8-4-5-9-14-12)16-10-11-6-2-1-3-7-11;7-6(9)5-3-1-2-4-8-5;2*2-1-3/h1-9H,10H2;1-4H,(H2,7,9);;. The van der Waals surface area contributed by atoms with Crippen LogP contribution in [0.5, 0.6) is 0 Å². The minimum absolute atomic E-state index is 0.250. The van der Waals surface area contributed by atoms with Gasteiger partial charge in [-0.15, -0.1) is 0 Å². The van der Waals surface area contributed by atoms with Crippen molar-refractivity contribution in [1.29, 1.82) is 0 Å². The highest BCUT2D eigenvalue weighted by Gasteiger charge is 2.07. The van der Waals surface area contributed by atoms with Gasteiger partial charge >= 0.3 is 18.3 Å². The number of carbonyl (C=O) groups is 2. The van der Waals surface area contributed by atoms with Crippen LogP contribution >= 0.6 is 0 Å². The fraction of sp³-hybridized carbons (Fsp3) is 0.0476. The molecule has 10 heteroatoms. The van der Waals surface area contributed by atoms with Crippen molar-refractivity contribution < 1.29 is 33.5 Å². The summed E-state index contributed by atoms with van der Waals surface area (Å²) in [7, 11) is 0. The molecular weight excluding hydrogens is 406 g/mol. The zero-order valence-corrected chi connectivity index (χ0v) is 16.0. The molecule has 0 spiro atoms. The molecule has 2 N–H and O–H groups in total. The predicted molar refractivity (Wildman–Crippen MR) is 103 cm³/mol. The second-order valence-electron chi connectivity index (χ2n) is 5.02. The van der Waals surface area contributed by atoms with E-state index in [1.54, 1.807) is 42.6 Å². The van der Waals surface area contributed by atoms with Crippen molar-refractivity contribution in [2.24, 2.45) is 5.73 Å². The van der Waals surface area contributed by atoms with E-state index in [1.807, 2.05) is 30.3 Å². The Morgan fingerprint density at radius 1 is 0.742 bits per heavy atom. The van der Waals surface area contributed by atoms with Gasteiger partial charge in [0.2, 0.25) is 0 Å². The molecule has 1 aromatic carbocycles. The van der Waals surface area contributed by atoms with Gasteiger partial charge in [-0.25, -0.2) is 9.78 Å². The lowest BCUT2D eigenvalue weighted by molar-refractivity contribution is -0.193. The molecule has 0 fully saturated rings. The van der Waals surface area contributed by atoms with E-state index in [0.717, 1.165) is 5.56 Å². The lowest BCUT2D eigenvalue weighted by atomic mass is 10.2. The molecule has 0 aliphatic rings. The van der Waals surface area contributed by atoms with Crippen molar-refractivity contribution in [2.75, 3.05) is 0 Å². The summed E-state index contributed by atoms with van der Waals surface area (Å²) in [6.45, 7) is 0.274. The number of pyridine rings is 2. The molecule has 0 saturated heterocycles. The van der Waals surface area contributed by atoms with Crippen molar-refractivity contribution in [3.63, 3.8) is 0 Å². The molecule has 0 aliphatic carbocycles. The summed E-state index contributed by atoms with van der Waals surface area (Å²) >= 11 is 0. The lowest BCUT2D eigenvalue weighted by Gasteiger charge is -2.03. The van der Waals surface area contributed by atoms with E-state index in [1.165, 1.54) is 6.20 Å². The van der Waals surface area contributed by atoms with E-state index in [0.29, 0.717) is 11.4 Å². The number of esters is 1. The van der Waals surface area contributed by atoms with Crippen LogP contribution in [0.1, 0.15) is 26.5 Å². The largest absolute Gasteiger partial charge is 0.456 e. The zero-order chi connectivity index (χ0) is 23.3. The fourth-order valence-electron chi connectivity index (χ4n) is 1.79. The minimum atomic E-state index is -0.490. The van der Waals surface area contributed by atoms with Crippen LogP contribution in [-0.4, -0.2) is 34.1 Å². The van der Waals surface area contributed by atoms with Gasteiger partial charge in [-0.1, -0.05) is 42.5 Å². The van der Waals surface area contributed by atoms with Crippen molar-refractivity contribution in [1.82, 2.24) is 9.97 Å². The number of primary amides is 1. The third kappa shape index (κ3) is 13.1. The molecule has 0 radical (unpaired) electrons. The van der Waals surface area contributed by atoms with E-state index >= 15 is 0 Å². The number of benzene rings is 1. The summed E-state index contributed by atoms with van der Waals surface area (Å²) in [4.78, 5) is 62.0. The van der Waals surface area contributed by atoms with Gasteiger partial charge in [0.25, 0.3) is 5.91 Å².